The van der Waals surface area contributed by atoms with Gasteiger partial charge in [0.2, 0.25) is 10.0 Å². The zero-order valence-corrected chi connectivity index (χ0v) is 15.4. The van der Waals surface area contributed by atoms with Crippen LogP contribution >= 0.6 is 0 Å². The van der Waals surface area contributed by atoms with Crippen LogP contribution < -0.4 is 4.74 Å². The normalized spacial score (nSPS) is 14.7. The molecule has 27 heavy (non-hydrogen) atoms. The molecule has 2 heterocycles. The summed E-state index contributed by atoms with van der Waals surface area (Å²) >= 11 is 0. The Labute approximate surface area is 156 Å². The van der Waals surface area contributed by atoms with Crippen molar-refractivity contribution in [2.45, 2.75) is 17.9 Å². The van der Waals surface area contributed by atoms with Crippen molar-refractivity contribution in [3.05, 3.63) is 65.7 Å². The van der Waals surface area contributed by atoms with Gasteiger partial charge in [-0.15, -0.1) is 0 Å². The summed E-state index contributed by atoms with van der Waals surface area (Å²) in [6.07, 6.45) is 0.381. The molecule has 1 aliphatic heterocycles. The van der Waals surface area contributed by atoms with Crippen LogP contribution in [-0.4, -0.2) is 31.5 Å². The number of benzene rings is 2. The molecule has 1 aromatic heterocycles. The number of halogens is 1. The Morgan fingerprint density at radius 1 is 1.15 bits per heavy atom. The minimum absolute atomic E-state index is 0.0802. The van der Waals surface area contributed by atoms with Gasteiger partial charge in [-0.2, -0.15) is 4.31 Å². The highest BCUT2D eigenvalue weighted by molar-refractivity contribution is 7.89. The Hall–Kier alpha value is -2.71. The third-order valence-corrected chi connectivity index (χ3v) is 6.48. The van der Waals surface area contributed by atoms with E-state index in [2.05, 4.69) is 5.16 Å². The fraction of sp³-hybridized carbons (Fsp3) is 0.211. The molecule has 0 saturated carbocycles. The van der Waals surface area contributed by atoms with Crippen molar-refractivity contribution in [2.75, 3.05) is 13.7 Å². The first-order valence-electron chi connectivity index (χ1n) is 8.37. The van der Waals surface area contributed by atoms with Gasteiger partial charge in [0.05, 0.1) is 12.0 Å². The van der Waals surface area contributed by atoms with Gasteiger partial charge in [0.15, 0.2) is 0 Å². The van der Waals surface area contributed by atoms with Gasteiger partial charge < -0.3 is 9.26 Å². The SMILES string of the molecule is COc1ccc(S(=O)(=O)N2CCc3onc(-c4ccccc4F)c3C2)cc1. The number of methoxy groups -OCH3 is 1. The van der Waals surface area contributed by atoms with Crippen LogP contribution in [0.4, 0.5) is 4.39 Å². The number of rotatable bonds is 4. The minimum Gasteiger partial charge on any atom is -0.497 e. The average Bonchev–Trinajstić information content (AvgIpc) is 3.11. The molecule has 0 amide bonds. The molecule has 6 nitrogen and oxygen atoms in total. The molecule has 0 N–H and O–H groups in total. The lowest BCUT2D eigenvalue weighted by Gasteiger charge is -2.25. The van der Waals surface area contributed by atoms with Crippen molar-refractivity contribution >= 4 is 10.0 Å². The van der Waals surface area contributed by atoms with Crippen LogP contribution in [0.2, 0.25) is 0 Å². The van der Waals surface area contributed by atoms with Gasteiger partial charge in [-0.1, -0.05) is 17.3 Å². The van der Waals surface area contributed by atoms with E-state index in [1.54, 1.807) is 30.3 Å². The van der Waals surface area contributed by atoms with Crippen molar-refractivity contribution < 1.29 is 22.1 Å². The molecule has 3 aromatic rings. The highest BCUT2D eigenvalue weighted by Gasteiger charge is 2.33. The van der Waals surface area contributed by atoms with E-state index in [0.29, 0.717) is 34.8 Å². The van der Waals surface area contributed by atoms with E-state index >= 15 is 0 Å². The second-order valence-corrected chi connectivity index (χ2v) is 8.11. The Balaban J connectivity index is 1.68. The van der Waals surface area contributed by atoms with Gasteiger partial charge in [0.1, 0.15) is 23.0 Å². The van der Waals surface area contributed by atoms with Crippen molar-refractivity contribution in [3.8, 4) is 17.0 Å². The molecule has 0 atom stereocenters. The highest BCUT2D eigenvalue weighted by Crippen LogP contribution is 2.33. The standard InChI is InChI=1S/C19H17FN2O4S/c1-25-13-6-8-14(9-7-13)27(23,24)22-11-10-18-16(12-22)19(21-26-18)15-4-2-3-5-17(15)20/h2-9H,10-12H2,1H3. The van der Waals surface area contributed by atoms with Crippen LogP contribution in [0.15, 0.2) is 57.9 Å². The summed E-state index contributed by atoms with van der Waals surface area (Å²) in [4.78, 5) is 0.177. The van der Waals surface area contributed by atoms with Gasteiger partial charge in [0.25, 0.3) is 0 Å². The second-order valence-electron chi connectivity index (χ2n) is 6.18. The molecule has 0 saturated heterocycles. The molecule has 0 aliphatic carbocycles. The first kappa shape index (κ1) is 17.7. The summed E-state index contributed by atoms with van der Waals surface area (Å²) in [6.45, 7) is 0.351. The van der Waals surface area contributed by atoms with Crippen LogP contribution in [0.1, 0.15) is 11.3 Å². The largest absolute Gasteiger partial charge is 0.497 e. The van der Waals surface area contributed by atoms with Gasteiger partial charge >= 0.3 is 0 Å². The smallest absolute Gasteiger partial charge is 0.243 e. The van der Waals surface area contributed by atoms with Gasteiger partial charge in [-0.3, -0.25) is 0 Å². The van der Waals surface area contributed by atoms with E-state index in [1.165, 1.54) is 29.6 Å². The van der Waals surface area contributed by atoms with Crippen LogP contribution in [-0.2, 0) is 23.0 Å². The summed E-state index contributed by atoms with van der Waals surface area (Å²) in [7, 11) is -2.18. The van der Waals surface area contributed by atoms with Crippen molar-refractivity contribution in [1.82, 2.24) is 9.46 Å². The minimum atomic E-state index is -3.70. The Morgan fingerprint density at radius 3 is 2.59 bits per heavy atom. The monoisotopic (exact) mass is 388 g/mol. The quantitative estimate of drug-likeness (QED) is 0.686. The number of sulfonamides is 1. The van der Waals surface area contributed by atoms with Crippen LogP contribution in [0.5, 0.6) is 5.75 Å². The summed E-state index contributed by atoms with van der Waals surface area (Å²) in [5.41, 5.74) is 1.24. The zero-order chi connectivity index (χ0) is 19.0. The molecule has 0 unspecified atom stereocenters. The third-order valence-electron chi connectivity index (χ3n) is 4.62. The van der Waals surface area contributed by atoms with Crippen molar-refractivity contribution in [3.63, 3.8) is 0 Å². The van der Waals surface area contributed by atoms with E-state index in [4.69, 9.17) is 9.26 Å². The number of hydrogen-bond acceptors (Lipinski definition) is 5. The molecule has 0 spiro atoms. The molecular weight excluding hydrogens is 371 g/mol. The van der Waals surface area contributed by atoms with E-state index in [-0.39, 0.29) is 18.0 Å². The molecule has 140 valence electrons. The number of nitrogens with zero attached hydrogens (tertiary/aromatic N) is 2. The molecule has 2 aromatic carbocycles. The number of fused-ring (bicyclic) bond motifs is 1. The van der Waals surface area contributed by atoms with Crippen LogP contribution in [0.3, 0.4) is 0 Å². The van der Waals surface area contributed by atoms with Gasteiger partial charge in [-0.05, 0) is 36.4 Å². The first-order valence-corrected chi connectivity index (χ1v) is 9.81. The van der Waals surface area contributed by atoms with Crippen molar-refractivity contribution in [2.24, 2.45) is 0 Å². The maximum atomic E-state index is 14.2. The Bertz CT molecular complexity index is 1080. The summed E-state index contributed by atoms with van der Waals surface area (Å²) < 4.78 is 51.9. The number of aromatic nitrogens is 1. The van der Waals surface area contributed by atoms with Gasteiger partial charge in [0, 0.05) is 30.6 Å². The van der Waals surface area contributed by atoms with E-state index < -0.39 is 15.8 Å². The fourth-order valence-corrected chi connectivity index (χ4v) is 4.56. The second kappa shape index (κ2) is 6.79. The summed E-state index contributed by atoms with van der Waals surface area (Å²) in [5.74, 6) is 0.744. The molecule has 8 heteroatoms. The Kier molecular flexibility index (Phi) is 4.45. The van der Waals surface area contributed by atoms with Crippen LogP contribution in [0, 0.1) is 5.82 Å². The maximum Gasteiger partial charge on any atom is 0.243 e. The molecule has 4 rings (SSSR count). The lowest BCUT2D eigenvalue weighted by Crippen LogP contribution is -2.35. The predicted octanol–water partition coefficient (Wildman–Crippen LogP) is 3.24. The maximum absolute atomic E-state index is 14.2. The average molecular weight is 388 g/mol. The van der Waals surface area contributed by atoms with Crippen LogP contribution in [0.25, 0.3) is 11.3 Å². The van der Waals surface area contributed by atoms with Gasteiger partial charge in [-0.25, -0.2) is 12.8 Å². The molecule has 0 bridgehead atoms. The summed E-state index contributed by atoms with van der Waals surface area (Å²) in [6, 6.07) is 12.5. The first-order chi connectivity index (χ1) is 13.0. The summed E-state index contributed by atoms with van der Waals surface area (Å²) in [5, 5.41) is 3.99. The molecular formula is C19H17FN2O4S. The van der Waals surface area contributed by atoms with Crippen molar-refractivity contribution in [1.29, 1.82) is 0 Å². The molecule has 0 fully saturated rings. The third kappa shape index (κ3) is 3.11. The number of ether oxygens (including phenoxy) is 1. The lowest BCUT2D eigenvalue weighted by atomic mass is 10.0. The zero-order valence-electron chi connectivity index (χ0n) is 14.6. The lowest BCUT2D eigenvalue weighted by molar-refractivity contribution is 0.331. The molecule has 0 radical (unpaired) electrons. The van der Waals surface area contributed by atoms with E-state index in [9.17, 15) is 12.8 Å². The molecule has 1 aliphatic rings. The highest BCUT2D eigenvalue weighted by atomic mass is 32.2. The number of hydrogen-bond donors (Lipinski definition) is 0. The van der Waals surface area contributed by atoms with E-state index in [1.807, 2.05) is 0 Å². The topological polar surface area (TPSA) is 72.6 Å². The van der Waals surface area contributed by atoms with E-state index in [0.717, 1.165) is 0 Å². The predicted molar refractivity (Wildman–Crippen MR) is 96.2 cm³/mol. The fourth-order valence-electron chi connectivity index (χ4n) is 3.15. The Morgan fingerprint density at radius 2 is 1.89 bits per heavy atom.